The van der Waals surface area contributed by atoms with Crippen LogP contribution in [0.1, 0.15) is 29.8 Å². The minimum atomic E-state index is -4.56. The van der Waals surface area contributed by atoms with E-state index in [0.29, 0.717) is 0 Å². The summed E-state index contributed by atoms with van der Waals surface area (Å²) in [5.41, 5.74) is -1.95. The van der Waals surface area contributed by atoms with Gasteiger partial charge in [-0.2, -0.15) is 13.2 Å². The minimum absolute atomic E-state index is 0.0464. The van der Waals surface area contributed by atoms with Crippen molar-refractivity contribution in [3.05, 3.63) is 45.7 Å². The Kier molecular flexibility index (Phi) is 4.87. The molecule has 2 rings (SSSR count). The van der Waals surface area contributed by atoms with Gasteiger partial charge in [-0.05, 0) is 32.0 Å². The molecule has 0 aliphatic rings. The summed E-state index contributed by atoms with van der Waals surface area (Å²) in [5, 5.41) is 10.9. The number of benzene rings is 1. The van der Waals surface area contributed by atoms with Crippen molar-refractivity contribution in [2.24, 2.45) is 0 Å². The van der Waals surface area contributed by atoms with Crippen molar-refractivity contribution in [1.82, 2.24) is 9.88 Å². The van der Waals surface area contributed by atoms with Crippen molar-refractivity contribution < 1.29 is 27.9 Å². The van der Waals surface area contributed by atoms with Crippen LogP contribution in [0.5, 0.6) is 0 Å². The zero-order valence-electron chi connectivity index (χ0n) is 13.3. The molecule has 6 nitrogen and oxygen atoms in total. The number of aryl methyl sites for hydroxylation is 1. The third kappa shape index (κ3) is 3.65. The number of aliphatic carboxylic acids is 1. The molecular weight excluding hydrogens is 341 g/mol. The van der Waals surface area contributed by atoms with Gasteiger partial charge in [0.25, 0.3) is 5.91 Å². The van der Waals surface area contributed by atoms with E-state index in [2.05, 4.69) is 5.32 Å². The summed E-state index contributed by atoms with van der Waals surface area (Å²) in [7, 11) is 0. The second-order valence-corrected chi connectivity index (χ2v) is 5.42. The monoisotopic (exact) mass is 356 g/mol. The summed E-state index contributed by atoms with van der Waals surface area (Å²) in [6.45, 7) is 3.09. The molecule has 1 amide bonds. The van der Waals surface area contributed by atoms with Crippen molar-refractivity contribution in [2.45, 2.75) is 32.6 Å². The number of aromatic nitrogens is 1. The number of carbonyl (C=O) groups excluding carboxylic acids is 1. The van der Waals surface area contributed by atoms with Crippen LogP contribution < -0.4 is 10.7 Å². The van der Waals surface area contributed by atoms with Crippen LogP contribution in [-0.4, -0.2) is 27.6 Å². The highest BCUT2D eigenvalue weighted by atomic mass is 19.4. The molecule has 0 bridgehead atoms. The highest BCUT2D eigenvalue weighted by molar-refractivity contribution is 5.99. The maximum absolute atomic E-state index is 12.9. The lowest BCUT2D eigenvalue weighted by molar-refractivity contribution is -0.139. The fourth-order valence-corrected chi connectivity index (χ4v) is 2.33. The second kappa shape index (κ2) is 6.58. The van der Waals surface area contributed by atoms with Crippen molar-refractivity contribution in [3.8, 4) is 0 Å². The zero-order valence-corrected chi connectivity index (χ0v) is 13.3. The van der Waals surface area contributed by atoms with E-state index in [0.717, 1.165) is 24.4 Å². The standard InChI is InChI=1S/C16H15F3N2O4/c1-3-21-7-11(14(23)20-8(2)15(24)25)13(22)10-5-4-9(6-12(10)21)16(17,18)19/h4-8H,3H2,1-2H3,(H,20,23)(H,24,25)/t8-/m0/s1. The summed E-state index contributed by atoms with van der Waals surface area (Å²) < 4.78 is 40.0. The van der Waals surface area contributed by atoms with Gasteiger partial charge in [0.1, 0.15) is 11.6 Å². The van der Waals surface area contributed by atoms with Gasteiger partial charge in [0, 0.05) is 18.1 Å². The maximum Gasteiger partial charge on any atom is 0.416 e. The molecule has 0 aliphatic heterocycles. The molecule has 0 unspecified atom stereocenters. The number of nitrogens with zero attached hydrogens (tertiary/aromatic N) is 1. The molecule has 1 aromatic carbocycles. The number of carboxylic acids is 1. The highest BCUT2D eigenvalue weighted by Crippen LogP contribution is 2.31. The van der Waals surface area contributed by atoms with Crippen LogP contribution in [0.2, 0.25) is 0 Å². The van der Waals surface area contributed by atoms with Gasteiger partial charge < -0.3 is 15.0 Å². The lowest BCUT2D eigenvalue weighted by atomic mass is 10.1. The number of fused-ring (bicyclic) bond motifs is 1. The molecule has 2 N–H and O–H groups in total. The summed E-state index contributed by atoms with van der Waals surface area (Å²) in [5.74, 6) is -2.18. The number of rotatable bonds is 4. The molecule has 1 atom stereocenters. The number of carbonyl (C=O) groups is 2. The zero-order chi connectivity index (χ0) is 18.9. The topological polar surface area (TPSA) is 88.4 Å². The first-order valence-corrected chi connectivity index (χ1v) is 7.34. The van der Waals surface area contributed by atoms with E-state index in [1.54, 1.807) is 6.92 Å². The molecule has 0 fully saturated rings. The highest BCUT2D eigenvalue weighted by Gasteiger charge is 2.31. The normalized spacial score (nSPS) is 12.8. The number of carboxylic acid groups (broad SMARTS) is 1. The second-order valence-electron chi connectivity index (χ2n) is 5.42. The smallest absolute Gasteiger partial charge is 0.416 e. The summed E-state index contributed by atoms with van der Waals surface area (Å²) >= 11 is 0. The fraction of sp³-hybridized carbons (Fsp3) is 0.312. The van der Waals surface area contributed by atoms with Crippen molar-refractivity contribution in [1.29, 1.82) is 0 Å². The summed E-state index contributed by atoms with van der Waals surface area (Å²) in [6.07, 6.45) is -3.43. The molecule has 1 aromatic heterocycles. The number of halogens is 3. The molecule has 0 aliphatic carbocycles. The molecule has 25 heavy (non-hydrogen) atoms. The Morgan fingerprint density at radius 3 is 2.48 bits per heavy atom. The van der Waals surface area contributed by atoms with Crippen LogP contribution in [0.3, 0.4) is 0 Å². The van der Waals surface area contributed by atoms with Gasteiger partial charge in [0.05, 0.1) is 11.1 Å². The third-order valence-corrected chi connectivity index (χ3v) is 3.71. The van der Waals surface area contributed by atoms with Gasteiger partial charge in [-0.1, -0.05) is 0 Å². The Morgan fingerprint density at radius 1 is 1.32 bits per heavy atom. The molecule has 2 aromatic rings. The summed E-state index contributed by atoms with van der Waals surface area (Å²) in [4.78, 5) is 35.4. The predicted octanol–water partition coefficient (Wildman–Crippen LogP) is 2.24. The first-order valence-electron chi connectivity index (χ1n) is 7.34. The third-order valence-electron chi connectivity index (χ3n) is 3.71. The number of amides is 1. The number of pyridine rings is 1. The predicted molar refractivity (Wildman–Crippen MR) is 83.4 cm³/mol. The van der Waals surface area contributed by atoms with E-state index in [4.69, 9.17) is 5.11 Å². The van der Waals surface area contributed by atoms with Crippen LogP contribution in [0.4, 0.5) is 13.2 Å². The average molecular weight is 356 g/mol. The molecule has 0 saturated heterocycles. The van der Waals surface area contributed by atoms with E-state index in [1.807, 2.05) is 0 Å². The summed E-state index contributed by atoms with van der Waals surface area (Å²) in [6, 6.07) is 1.42. The van der Waals surface area contributed by atoms with Crippen molar-refractivity contribution in [2.75, 3.05) is 0 Å². The maximum atomic E-state index is 12.9. The van der Waals surface area contributed by atoms with Gasteiger partial charge in [-0.15, -0.1) is 0 Å². The van der Waals surface area contributed by atoms with Crippen molar-refractivity contribution >= 4 is 22.8 Å². The Morgan fingerprint density at radius 2 is 1.96 bits per heavy atom. The van der Waals surface area contributed by atoms with Gasteiger partial charge in [-0.3, -0.25) is 14.4 Å². The van der Waals surface area contributed by atoms with Crippen LogP contribution in [0, 0.1) is 0 Å². The fourth-order valence-electron chi connectivity index (χ4n) is 2.33. The number of hydrogen-bond acceptors (Lipinski definition) is 3. The quantitative estimate of drug-likeness (QED) is 0.879. The first-order chi connectivity index (χ1) is 11.6. The Balaban J connectivity index is 2.62. The molecule has 1 heterocycles. The van der Waals surface area contributed by atoms with E-state index in [-0.39, 0.29) is 23.0 Å². The molecule has 0 saturated carbocycles. The molecule has 0 radical (unpaired) electrons. The van der Waals surface area contributed by atoms with Gasteiger partial charge in [0.15, 0.2) is 0 Å². The lowest BCUT2D eigenvalue weighted by Gasteiger charge is -2.15. The number of nitrogens with one attached hydrogen (secondary N) is 1. The van der Waals surface area contributed by atoms with E-state index >= 15 is 0 Å². The molecule has 134 valence electrons. The minimum Gasteiger partial charge on any atom is -0.480 e. The molecule has 9 heteroatoms. The number of hydrogen-bond donors (Lipinski definition) is 2. The van der Waals surface area contributed by atoms with E-state index in [1.165, 1.54) is 11.5 Å². The van der Waals surface area contributed by atoms with Gasteiger partial charge >= 0.3 is 12.1 Å². The average Bonchev–Trinajstić information content (AvgIpc) is 2.53. The van der Waals surface area contributed by atoms with Crippen molar-refractivity contribution in [3.63, 3.8) is 0 Å². The van der Waals surface area contributed by atoms with Crippen LogP contribution in [0.25, 0.3) is 10.9 Å². The van der Waals surface area contributed by atoms with Crippen LogP contribution in [-0.2, 0) is 17.5 Å². The molecular formula is C16H15F3N2O4. The molecule has 0 spiro atoms. The SMILES string of the molecule is CCn1cc(C(=O)N[C@@H](C)C(=O)O)c(=O)c2ccc(C(F)(F)F)cc21. The van der Waals surface area contributed by atoms with Crippen LogP contribution >= 0.6 is 0 Å². The number of alkyl halides is 3. The largest absolute Gasteiger partial charge is 0.480 e. The van der Waals surface area contributed by atoms with E-state index in [9.17, 15) is 27.6 Å². The Labute approximate surface area is 139 Å². The Bertz CT molecular complexity index is 903. The first kappa shape index (κ1) is 18.5. The lowest BCUT2D eigenvalue weighted by Crippen LogP contribution is -2.40. The van der Waals surface area contributed by atoms with E-state index < -0.39 is 35.1 Å². The van der Waals surface area contributed by atoms with Gasteiger partial charge in [-0.25, -0.2) is 0 Å². The Hall–Kier alpha value is -2.84. The van der Waals surface area contributed by atoms with Crippen LogP contribution in [0.15, 0.2) is 29.2 Å². The van der Waals surface area contributed by atoms with Gasteiger partial charge in [0.2, 0.25) is 5.43 Å².